The summed E-state index contributed by atoms with van der Waals surface area (Å²) in [5, 5.41) is 7.48. The summed E-state index contributed by atoms with van der Waals surface area (Å²) in [7, 11) is 0. The van der Waals surface area contributed by atoms with E-state index >= 15 is 0 Å². The number of nitrogens with one attached hydrogen (secondary N) is 3. The number of hydrogen-bond donors (Lipinski definition) is 3. The summed E-state index contributed by atoms with van der Waals surface area (Å²) in [5.74, 6) is 3.19. The molecule has 13 nitrogen and oxygen atoms in total. The van der Waals surface area contributed by atoms with Crippen LogP contribution in [0.5, 0.6) is 0 Å². The Labute approximate surface area is 368 Å². The second kappa shape index (κ2) is 19.0. The highest BCUT2D eigenvalue weighted by Crippen LogP contribution is 2.35. The second-order valence-corrected chi connectivity index (χ2v) is 17.8. The molecule has 0 spiro atoms. The first-order valence-electron chi connectivity index (χ1n) is 21.9. The van der Waals surface area contributed by atoms with E-state index in [9.17, 15) is 9.59 Å². The summed E-state index contributed by atoms with van der Waals surface area (Å²) in [6.45, 7) is 11.7. The molecule has 322 valence electrons. The molecule has 0 bridgehead atoms. The molecule has 3 aliphatic rings. The standard InChI is InChI=1S/C48H57N11O2S/c1-7-40-49-22-20-41(54-40)55-44(30(4)5)47(61)59-25-9-11-39(59)45-52-28-37(53-45)34-18-16-32(17-19-34)31-12-14-33(15-13-31)35-26-36(51-27-35)38-10-8-24-58(38)46(60)43(29(2)3)56-42-21-23-50-48(57-42)62-6/h12-23,27-30,38-39,43-44H,7-11,24-26H2,1-6H3,(H,52,53)(H,49,54,55)(H,50,56,57)/t38-,39-,43-,44-/m0/s1. The lowest BCUT2D eigenvalue weighted by atomic mass is 9.95. The van der Waals surface area contributed by atoms with Crippen molar-refractivity contribution in [3.05, 3.63) is 103 Å². The van der Waals surface area contributed by atoms with Crippen molar-refractivity contribution in [2.24, 2.45) is 16.8 Å². The van der Waals surface area contributed by atoms with Gasteiger partial charge in [-0.25, -0.2) is 24.9 Å². The number of benzene rings is 2. The van der Waals surface area contributed by atoms with Crippen molar-refractivity contribution in [2.45, 2.75) is 102 Å². The number of thioether (sulfide) groups is 1. The maximum absolute atomic E-state index is 14.0. The number of rotatable bonds is 15. The number of allylic oxidation sites excluding steroid dienone is 1. The molecule has 8 rings (SSSR count). The Morgan fingerprint density at radius 2 is 1.31 bits per heavy atom. The molecule has 14 heteroatoms. The van der Waals surface area contributed by atoms with E-state index in [1.54, 1.807) is 12.4 Å². The minimum Gasteiger partial charge on any atom is -0.358 e. The van der Waals surface area contributed by atoms with Gasteiger partial charge >= 0.3 is 0 Å². The van der Waals surface area contributed by atoms with Gasteiger partial charge in [0.1, 0.15) is 35.4 Å². The van der Waals surface area contributed by atoms with Crippen molar-refractivity contribution in [3.8, 4) is 22.4 Å². The Balaban J connectivity index is 0.880. The van der Waals surface area contributed by atoms with Gasteiger partial charge in [-0.1, -0.05) is 94.9 Å². The van der Waals surface area contributed by atoms with Crippen molar-refractivity contribution < 1.29 is 9.59 Å². The number of carbonyl (C=O) groups excluding carboxylic acids is 2. The fraction of sp³-hybridized carbons (Fsp3) is 0.417. The number of anilines is 2. The van der Waals surface area contributed by atoms with E-state index in [1.807, 2.05) is 47.5 Å². The SMILES string of the molecule is CCc1nccc(N[C@H](C(=O)N2CCC[C@H]2c2ncc(-c3ccc(-c4ccc(C5=CN=C([C@@H]6CCCN6C(=O)[C@@H](Nc6ccnc(SC)n6)C(C)C)C5)cc4)cc3)[nH]2)C(C)C)n1. The molecule has 0 radical (unpaired) electrons. The van der Waals surface area contributed by atoms with Gasteiger partial charge in [0.25, 0.3) is 0 Å². The van der Waals surface area contributed by atoms with Gasteiger partial charge in [-0.2, -0.15) is 0 Å². The quantitative estimate of drug-likeness (QED) is 0.0688. The molecule has 2 amide bonds. The predicted octanol–water partition coefficient (Wildman–Crippen LogP) is 8.72. The lowest BCUT2D eigenvalue weighted by Crippen LogP contribution is -2.49. The predicted molar refractivity (Wildman–Crippen MR) is 248 cm³/mol. The zero-order valence-corrected chi connectivity index (χ0v) is 37.3. The number of aryl methyl sites for hydroxylation is 1. The first kappa shape index (κ1) is 42.8. The van der Waals surface area contributed by atoms with Crippen LogP contribution < -0.4 is 10.6 Å². The Kier molecular flexibility index (Phi) is 13.1. The summed E-state index contributed by atoms with van der Waals surface area (Å²) in [5.41, 5.74) is 7.55. The lowest BCUT2D eigenvalue weighted by molar-refractivity contribution is -0.134. The van der Waals surface area contributed by atoms with E-state index in [4.69, 9.17) is 9.98 Å². The van der Waals surface area contributed by atoms with E-state index in [-0.39, 0.29) is 35.7 Å². The van der Waals surface area contributed by atoms with Crippen molar-refractivity contribution in [1.82, 2.24) is 39.7 Å². The van der Waals surface area contributed by atoms with E-state index in [2.05, 4.69) is 112 Å². The van der Waals surface area contributed by atoms with Gasteiger partial charge in [0.2, 0.25) is 11.8 Å². The van der Waals surface area contributed by atoms with Crippen LogP contribution in [0.3, 0.4) is 0 Å². The highest BCUT2D eigenvalue weighted by Gasteiger charge is 2.39. The minimum absolute atomic E-state index is 0.0145. The third kappa shape index (κ3) is 9.30. The number of aromatic amines is 1. The molecular weight excluding hydrogens is 795 g/mol. The number of nitrogens with zero attached hydrogens (tertiary/aromatic N) is 8. The van der Waals surface area contributed by atoms with Gasteiger partial charge in [-0.15, -0.1) is 0 Å². The van der Waals surface area contributed by atoms with E-state index in [0.717, 1.165) is 96.0 Å². The molecule has 6 heterocycles. The molecule has 3 aromatic heterocycles. The lowest BCUT2D eigenvalue weighted by Gasteiger charge is -2.31. The number of aliphatic imine (C=N–C) groups is 1. The number of amides is 2. The van der Waals surface area contributed by atoms with Gasteiger partial charge < -0.3 is 25.4 Å². The summed E-state index contributed by atoms with van der Waals surface area (Å²) in [6, 6.07) is 19.9. The van der Waals surface area contributed by atoms with Crippen LogP contribution in [0.15, 0.2) is 95.6 Å². The minimum atomic E-state index is -0.413. The molecule has 5 aromatic rings. The van der Waals surface area contributed by atoms with Gasteiger partial charge in [-0.05, 0) is 83.7 Å². The molecule has 0 saturated carbocycles. The molecule has 62 heavy (non-hydrogen) atoms. The van der Waals surface area contributed by atoms with Crippen LogP contribution in [0.2, 0.25) is 0 Å². The Bertz CT molecular complexity index is 2430. The van der Waals surface area contributed by atoms with Crippen LogP contribution in [0, 0.1) is 11.8 Å². The largest absolute Gasteiger partial charge is 0.358 e. The Hall–Kier alpha value is -5.89. The van der Waals surface area contributed by atoms with Crippen LogP contribution in [0.4, 0.5) is 11.6 Å². The Morgan fingerprint density at radius 1 is 0.742 bits per heavy atom. The molecule has 2 fully saturated rings. The van der Waals surface area contributed by atoms with Crippen molar-refractivity contribution in [2.75, 3.05) is 30.0 Å². The Morgan fingerprint density at radius 3 is 1.92 bits per heavy atom. The smallest absolute Gasteiger partial charge is 0.245 e. The van der Waals surface area contributed by atoms with Crippen molar-refractivity contribution >= 4 is 46.5 Å². The molecule has 4 atom stereocenters. The number of H-pyrrole nitrogens is 1. The second-order valence-electron chi connectivity index (χ2n) is 17.0. The first-order chi connectivity index (χ1) is 30.1. The highest BCUT2D eigenvalue weighted by atomic mass is 32.2. The number of carbonyl (C=O) groups is 2. The summed E-state index contributed by atoms with van der Waals surface area (Å²) >= 11 is 1.48. The normalized spacial score (nSPS) is 18.6. The molecule has 2 aromatic carbocycles. The molecular formula is C48H57N11O2S. The highest BCUT2D eigenvalue weighted by molar-refractivity contribution is 7.98. The fourth-order valence-electron chi connectivity index (χ4n) is 8.76. The molecule has 0 unspecified atom stereocenters. The third-order valence-corrected chi connectivity index (χ3v) is 12.8. The van der Waals surface area contributed by atoms with Crippen LogP contribution >= 0.6 is 11.8 Å². The van der Waals surface area contributed by atoms with E-state index in [1.165, 1.54) is 11.8 Å². The molecule has 2 saturated heterocycles. The van der Waals surface area contributed by atoms with E-state index < -0.39 is 12.1 Å². The monoisotopic (exact) mass is 851 g/mol. The first-order valence-corrected chi connectivity index (χ1v) is 23.2. The maximum Gasteiger partial charge on any atom is 0.245 e. The van der Waals surface area contributed by atoms with Crippen LogP contribution in [0.1, 0.15) is 90.0 Å². The zero-order valence-electron chi connectivity index (χ0n) is 36.5. The zero-order chi connectivity index (χ0) is 43.3. The number of aromatic nitrogens is 6. The summed E-state index contributed by atoms with van der Waals surface area (Å²) in [6.07, 6.45) is 14.4. The summed E-state index contributed by atoms with van der Waals surface area (Å²) in [4.78, 5) is 63.0. The topological polar surface area (TPSA) is 157 Å². The molecule has 3 N–H and O–H groups in total. The van der Waals surface area contributed by atoms with Gasteiger partial charge in [0.05, 0.1) is 24.0 Å². The third-order valence-electron chi connectivity index (χ3n) is 12.2. The van der Waals surface area contributed by atoms with E-state index in [0.29, 0.717) is 23.3 Å². The molecule has 0 aliphatic carbocycles. The van der Waals surface area contributed by atoms with Crippen LogP contribution in [-0.4, -0.2) is 94.7 Å². The van der Waals surface area contributed by atoms with Gasteiger partial charge in [-0.3, -0.25) is 14.6 Å². The average Bonchev–Trinajstić information content (AvgIpc) is 4.14. The van der Waals surface area contributed by atoms with Crippen LogP contribution in [-0.2, 0) is 16.0 Å². The molecule has 3 aliphatic heterocycles. The van der Waals surface area contributed by atoms with Crippen LogP contribution in [0.25, 0.3) is 28.0 Å². The number of likely N-dealkylation sites (tertiary alicyclic amines) is 2. The average molecular weight is 852 g/mol. The van der Waals surface area contributed by atoms with Gasteiger partial charge in [0.15, 0.2) is 5.16 Å². The van der Waals surface area contributed by atoms with Crippen molar-refractivity contribution in [1.29, 1.82) is 0 Å². The van der Waals surface area contributed by atoms with Gasteiger partial charge in [0, 0.05) is 50.2 Å². The maximum atomic E-state index is 14.0. The number of imidazole rings is 1. The summed E-state index contributed by atoms with van der Waals surface area (Å²) < 4.78 is 0. The number of hydrogen-bond acceptors (Lipinski definition) is 11. The van der Waals surface area contributed by atoms with Crippen molar-refractivity contribution in [3.63, 3.8) is 0 Å². The fourth-order valence-corrected chi connectivity index (χ4v) is 9.12.